The van der Waals surface area contributed by atoms with Crippen molar-refractivity contribution in [3.05, 3.63) is 29.6 Å². The number of anilines is 1. The fourth-order valence-corrected chi connectivity index (χ4v) is 5.53. The summed E-state index contributed by atoms with van der Waals surface area (Å²) in [5.74, 6) is 0.682. The number of benzene rings is 1. The molecule has 1 aromatic carbocycles. The molecule has 0 aromatic heterocycles. The van der Waals surface area contributed by atoms with Crippen molar-refractivity contribution in [2.75, 3.05) is 31.2 Å². The van der Waals surface area contributed by atoms with Gasteiger partial charge in [-0.25, -0.2) is 4.39 Å². The number of halogens is 1. The number of fused-ring (bicyclic) bond motifs is 1. The first-order valence-corrected chi connectivity index (χ1v) is 10.9. The van der Waals surface area contributed by atoms with Gasteiger partial charge >= 0.3 is 0 Å². The maximum absolute atomic E-state index is 15.0. The summed E-state index contributed by atoms with van der Waals surface area (Å²) < 4.78 is 26.9. The molecule has 0 spiro atoms. The van der Waals surface area contributed by atoms with Crippen LogP contribution in [0.1, 0.15) is 58.1 Å². The molecular weight excluding hydrogens is 371 g/mol. The van der Waals surface area contributed by atoms with Crippen LogP contribution in [0.15, 0.2) is 18.2 Å². The molecule has 1 amide bonds. The Kier molecular flexibility index (Phi) is 5.85. The molecule has 0 unspecified atom stereocenters. The van der Waals surface area contributed by atoms with E-state index in [1.54, 1.807) is 13.0 Å². The largest absolute Gasteiger partial charge is 0.378 e. The van der Waals surface area contributed by atoms with Crippen LogP contribution >= 0.6 is 0 Å². The molecule has 3 fully saturated rings. The molecule has 1 aromatic rings. The number of ether oxygens (including phenoxy) is 2. The van der Waals surface area contributed by atoms with E-state index < -0.39 is 0 Å². The minimum Gasteiger partial charge on any atom is -0.378 e. The van der Waals surface area contributed by atoms with E-state index in [1.165, 1.54) is 0 Å². The van der Waals surface area contributed by atoms with Crippen LogP contribution < -0.4 is 10.2 Å². The van der Waals surface area contributed by atoms with Crippen molar-refractivity contribution in [3.63, 3.8) is 0 Å². The third-order valence-electron chi connectivity index (χ3n) is 6.98. The van der Waals surface area contributed by atoms with E-state index in [1.807, 2.05) is 17.0 Å². The molecule has 2 saturated heterocycles. The Labute approximate surface area is 172 Å². The SMILES string of the molecule is CC(=O)N[C@]1(C)C[C@H](c2ccc(N3CCOCC3)c(F)c2)O[C@@H]2C[C@H](C)CC[C@H]21. The Morgan fingerprint density at radius 3 is 2.72 bits per heavy atom. The predicted octanol–water partition coefficient (Wildman–Crippen LogP) is 3.82. The van der Waals surface area contributed by atoms with E-state index in [0.29, 0.717) is 50.2 Å². The normalized spacial score (nSPS) is 35.1. The fraction of sp³-hybridized carbons (Fsp3) is 0.696. The zero-order valence-corrected chi connectivity index (χ0v) is 17.7. The van der Waals surface area contributed by atoms with Gasteiger partial charge in [-0.3, -0.25) is 4.79 Å². The Bertz CT molecular complexity index is 752. The standard InChI is InChI=1S/C23H33FN2O3/c1-15-4-6-18-21(12-15)29-22(14-23(18,3)25-16(2)27)17-5-7-20(19(24)13-17)26-8-10-28-11-9-26/h5,7,13,15,18,21-22H,4,6,8-12,14H2,1-3H3,(H,25,27)/t15-,18-,21-,22-,23-/m1/s1. The van der Waals surface area contributed by atoms with Crippen LogP contribution in [0.25, 0.3) is 0 Å². The zero-order chi connectivity index (χ0) is 20.6. The van der Waals surface area contributed by atoms with Crippen LogP contribution in [0.4, 0.5) is 10.1 Å². The highest BCUT2D eigenvalue weighted by Gasteiger charge is 2.49. The van der Waals surface area contributed by atoms with E-state index in [0.717, 1.165) is 24.8 Å². The Balaban J connectivity index is 1.58. The molecule has 0 radical (unpaired) electrons. The van der Waals surface area contributed by atoms with Gasteiger partial charge in [-0.15, -0.1) is 0 Å². The van der Waals surface area contributed by atoms with Crippen molar-refractivity contribution in [1.82, 2.24) is 5.32 Å². The van der Waals surface area contributed by atoms with Crippen LogP contribution in [-0.4, -0.2) is 43.9 Å². The quantitative estimate of drug-likeness (QED) is 0.832. The molecule has 0 bridgehead atoms. The number of nitrogens with one attached hydrogen (secondary N) is 1. The Morgan fingerprint density at radius 1 is 1.28 bits per heavy atom. The number of hydrogen-bond acceptors (Lipinski definition) is 4. The summed E-state index contributed by atoms with van der Waals surface area (Å²) in [7, 11) is 0. The summed E-state index contributed by atoms with van der Waals surface area (Å²) in [4.78, 5) is 14.0. The third-order valence-corrected chi connectivity index (χ3v) is 6.98. The van der Waals surface area contributed by atoms with Crippen molar-refractivity contribution < 1.29 is 18.7 Å². The molecule has 5 atom stereocenters. The van der Waals surface area contributed by atoms with E-state index in [-0.39, 0.29) is 29.5 Å². The highest BCUT2D eigenvalue weighted by atomic mass is 19.1. The number of carbonyl (C=O) groups excluding carboxylic acids is 1. The lowest BCUT2D eigenvalue weighted by Crippen LogP contribution is -2.60. The number of morpholine rings is 1. The average molecular weight is 405 g/mol. The van der Waals surface area contributed by atoms with Gasteiger partial charge in [-0.2, -0.15) is 0 Å². The summed E-state index contributed by atoms with van der Waals surface area (Å²) in [6.07, 6.45) is 3.75. The van der Waals surface area contributed by atoms with Crippen molar-refractivity contribution in [2.45, 2.75) is 64.2 Å². The van der Waals surface area contributed by atoms with Gasteiger partial charge in [0.2, 0.25) is 5.91 Å². The lowest BCUT2D eigenvalue weighted by Gasteiger charge is -2.52. The molecule has 3 aliphatic rings. The van der Waals surface area contributed by atoms with Crippen LogP contribution in [0.5, 0.6) is 0 Å². The Hall–Kier alpha value is -1.66. The number of amides is 1. The molecule has 5 nitrogen and oxygen atoms in total. The van der Waals surface area contributed by atoms with E-state index in [2.05, 4.69) is 19.2 Å². The first kappa shape index (κ1) is 20.6. The number of rotatable bonds is 3. The predicted molar refractivity (Wildman–Crippen MR) is 110 cm³/mol. The second-order valence-electron chi connectivity index (χ2n) is 9.30. The molecule has 2 heterocycles. The van der Waals surface area contributed by atoms with Gasteiger partial charge in [0.25, 0.3) is 0 Å². The molecule has 4 rings (SSSR count). The molecule has 6 heteroatoms. The zero-order valence-electron chi connectivity index (χ0n) is 17.7. The van der Waals surface area contributed by atoms with Crippen LogP contribution in [0.3, 0.4) is 0 Å². The molecule has 160 valence electrons. The second-order valence-corrected chi connectivity index (χ2v) is 9.30. The maximum Gasteiger partial charge on any atom is 0.217 e. The van der Waals surface area contributed by atoms with Gasteiger partial charge in [0, 0.05) is 37.9 Å². The number of carbonyl (C=O) groups is 1. The summed E-state index contributed by atoms with van der Waals surface area (Å²) in [5.41, 5.74) is 1.15. The van der Waals surface area contributed by atoms with Crippen LogP contribution in [0.2, 0.25) is 0 Å². The first-order valence-electron chi connectivity index (χ1n) is 10.9. The number of nitrogens with zero attached hydrogens (tertiary/aromatic N) is 1. The van der Waals surface area contributed by atoms with Gasteiger partial charge in [0.05, 0.1) is 31.1 Å². The molecule has 1 saturated carbocycles. The minimum absolute atomic E-state index is 0.0145. The van der Waals surface area contributed by atoms with Crippen molar-refractivity contribution in [1.29, 1.82) is 0 Å². The van der Waals surface area contributed by atoms with E-state index in [4.69, 9.17) is 9.47 Å². The third kappa shape index (κ3) is 4.29. The summed E-state index contributed by atoms with van der Waals surface area (Å²) in [6, 6.07) is 5.47. The first-order chi connectivity index (χ1) is 13.9. The van der Waals surface area contributed by atoms with Crippen molar-refractivity contribution >= 4 is 11.6 Å². The van der Waals surface area contributed by atoms with Crippen molar-refractivity contribution in [2.24, 2.45) is 11.8 Å². The van der Waals surface area contributed by atoms with Crippen molar-refractivity contribution in [3.8, 4) is 0 Å². The molecule has 1 aliphatic carbocycles. The lowest BCUT2D eigenvalue weighted by atomic mass is 9.66. The smallest absolute Gasteiger partial charge is 0.217 e. The topological polar surface area (TPSA) is 50.8 Å². The second kappa shape index (κ2) is 8.23. The highest BCUT2D eigenvalue weighted by Crippen LogP contribution is 2.48. The van der Waals surface area contributed by atoms with E-state index in [9.17, 15) is 9.18 Å². The molecular formula is C23H33FN2O3. The van der Waals surface area contributed by atoms with Gasteiger partial charge in [-0.1, -0.05) is 19.4 Å². The molecule has 1 N–H and O–H groups in total. The number of hydrogen-bond donors (Lipinski definition) is 1. The van der Waals surface area contributed by atoms with Gasteiger partial charge < -0.3 is 19.7 Å². The summed E-state index contributed by atoms with van der Waals surface area (Å²) in [6.45, 7) is 8.64. The van der Waals surface area contributed by atoms with E-state index >= 15 is 0 Å². The lowest BCUT2D eigenvalue weighted by molar-refractivity contribution is -0.153. The molecule has 29 heavy (non-hydrogen) atoms. The molecule has 2 aliphatic heterocycles. The summed E-state index contributed by atoms with van der Waals surface area (Å²) >= 11 is 0. The monoisotopic (exact) mass is 404 g/mol. The highest BCUT2D eigenvalue weighted by molar-refractivity contribution is 5.73. The maximum atomic E-state index is 15.0. The Morgan fingerprint density at radius 2 is 2.03 bits per heavy atom. The van der Waals surface area contributed by atoms with Crippen LogP contribution in [-0.2, 0) is 14.3 Å². The fourth-order valence-electron chi connectivity index (χ4n) is 5.53. The minimum atomic E-state index is -0.334. The van der Waals surface area contributed by atoms with Gasteiger partial charge in [0.15, 0.2) is 0 Å². The average Bonchev–Trinajstić information content (AvgIpc) is 2.67. The summed E-state index contributed by atoms with van der Waals surface area (Å²) in [5, 5.41) is 3.21. The van der Waals surface area contributed by atoms with Gasteiger partial charge in [0.1, 0.15) is 5.82 Å². The van der Waals surface area contributed by atoms with Gasteiger partial charge in [-0.05, 0) is 43.4 Å². The van der Waals surface area contributed by atoms with Crippen LogP contribution in [0, 0.1) is 17.7 Å².